The van der Waals surface area contributed by atoms with Gasteiger partial charge in [0, 0.05) is 84.6 Å². The first-order chi connectivity index (χ1) is 35.5. The van der Waals surface area contributed by atoms with Gasteiger partial charge in [0.15, 0.2) is 17.3 Å². The van der Waals surface area contributed by atoms with Crippen molar-refractivity contribution >= 4 is 60.0 Å². The number of ketones is 1. The minimum Gasteiger partial charge on any atom is -0.443 e. The predicted molar refractivity (Wildman–Crippen MR) is 289 cm³/mol. The van der Waals surface area contributed by atoms with E-state index in [-0.39, 0.29) is 37.8 Å². The molecule has 19 nitrogen and oxygen atoms in total. The van der Waals surface area contributed by atoms with Crippen molar-refractivity contribution in [3.05, 3.63) is 105 Å². The fourth-order valence-electron chi connectivity index (χ4n) is 10.2. The van der Waals surface area contributed by atoms with E-state index >= 15 is 4.79 Å². The fraction of sp³-hybridized carbons (Fsp3) is 0.436. The van der Waals surface area contributed by atoms with Crippen LogP contribution in [0.2, 0.25) is 0 Å². The zero-order chi connectivity index (χ0) is 55.6. The second kappa shape index (κ2) is 21.0. The first-order valence-corrected chi connectivity index (χ1v) is 28.3. The van der Waals surface area contributed by atoms with E-state index in [0.29, 0.717) is 90.8 Å². The molecule has 0 amide bonds. The number of nitrogens with zero attached hydrogens (tertiary/aromatic N) is 4. The van der Waals surface area contributed by atoms with Crippen LogP contribution in [0.1, 0.15) is 98.1 Å². The third-order valence-electron chi connectivity index (χ3n) is 12.6. The normalized spacial score (nSPS) is 15.9. The molecule has 2 N–H and O–H groups in total. The maximum absolute atomic E-state index is 16.1. The average Bonchev–Trinajstić information content (AvgIpc) is 4.09. The van der Waals surface area contributed by atoms with Gasteiger partial charge in [-0.05, 0) is 141 Å². The van der Waals surface area contributed by atoms with Crippen molar-refractivity contribution in [1.82, 2.24) is 29.6 Å². The lowest BCUT2D eigenvalue weighted by Crippen LogP contribution is -2.32. The lowest BCUT2D eigenvalue weighted by molar-refractivity contribution is -0.123. The molecule has 4 aromatic carbocycles. The molecule has 2 aromatic heterocycles. The smallest absolute Gasteiger partial charge is 0.419 e. The SMILES string of the molecule is COCc1cc(-c2cc3cc(CN(C)C)ccc3n2C(=O)OC(C)(C)C)c2c(c1OS(C)(=O)=O)CNC2C(=O)C1NCc2c(OS(C)(=O)=O)c(COC)cc(-c3cc4cc(CN(C)C)ccc4n3C(=O)OC(C)(C)C)c21. The van der Waals surface area contributed by atoms with E-state index in [1.807, 2.05) is 86.5 Å². The van der Waals surface area contributed by atoms with E-state index in [0.717, 1.165) is 23.6 Å². The molecule has 6 aromatic rings. The molecule has 0 aliphatic carbocycles. The molecule has 8 rings (SSSR count). The van der Waals surface area contributed by atoms with Crippen molar-refractivity contribution in [1.29, 1.82) is 0 Å². The number of carbonyl (C=O) groups is 3. The Labute approximate surface area is 444 Å². The van der Waals surface area contributed by atoms with Crippen LogP contribution in [0.25, 0.3) is 44.3 Å². The molecular formula is C55H68N6O13S2. The van der Waals surface area contributed by atoms with E-state index in [1.54, 1.807) is 53.7 Å². The molecule has 408 valence electrons. The minimum absolute atomic E-state index is 0.0388. The Morgan fingerprint density at radius 3 is 1.28 bits per heavy atom. The van der Waals surface area contributed by atoms with Crippen LogP contribution in [0.15, 0.2) is 60.7 Å². The van der Waals surface area contributed by atoms with E-state index in [1.165, 1.54) is 23.4 Å². The molecule has 0 saturated carbocycles. The topological polar surface area (TPSA) is 215 Å². The van der Waals surface area contributed by atoms with E-state index in [2.05, 4.69) is 10.6 Å². The summed E-state index contributed by atoms with van der Waals surface area (Å²) in [5.74, 6) is -0.553. The zero-order valence-electron chi connectivity index (χ0n) is 45.6. The minimum atomic E-state index is -4.17. The van der Waals surface area contributed by atoms with E-state index < -0.39 is 61.5 Å². The third-order valence-corrected chi connectivity index (χ3v) is 13.6. The lowest BCUT2D eigenvalue weighted by Gasteiger charge is -2.25. The van der Waals surface area contributed by atoms with Gasteiger partial charge in [-0.2, -0.15) is 16.8 Å². The molecule has 76 heavy (non-hydrogen) atoms. The highest BCUT2D eigenvalue weighted by Gasteiger charge is 2.44. The molecule has 4 heterocycles. The number of hydrogen-bond donors (Lipinski definition) is 2. The van der Waals surface area contributed by atoms with Crippen molar-refractivity contribution in [2.24, 2.45) is 0 Å². The molecule has 0 bridgehead atoms. The van der Waals surface area contributed by atoms with Gasteiger partial charge >= 0.3 is 32.4 Å². The molecule has 0 radical (unpaired) electrons. The second-order valence-corrected chi connectivity index (χ2v) is 25.2. The van der Waals surface area contributed by atoms with Crippen molar-refractivity contribution < 1.29 is 58.5 Å². The first-order valence-electron chi connectivity index (χ1n) is 24.7. The number of carbonyl (C=O) groups excluding carboxylic acids is 3. The number of fused-ring (bicyclic) bond motifs is 4. The molecule has 0 spiro atoms. The fourth-order valence-corrected chi connectivity index (χ4v) is 11.2. The lowest BCUT2D eigenvalue weighted by atomic mass is 9.85. The predicted octanol–water partition coefficient (Wildman–Crippen LogP) is 8.15. The Balaban J connectivity index is 1.42. The summed E-state index contributed by atoms with van der Waals surface area (Å²) in [6.45, 7) is 11.4. The van der Waals surface area contributed by atoms with Gasteiger partial charge in [0.25, 0.3) is 0 Å². The Morgan fingerprint density at radius 2 is 0.961 bits per heavy atom. The molecule has 2 atom stereocenters. The van der Waals surface area contributed by atoms with E-state index in [9.17, 15) is 26.4 Å². The standard InChI is InChI=1S/C55H68N6O13S2/c1-54(2,3)71-52(63)60-41-17-15-31(27-58(7)8)19-33(41)23-43(60)37-21-35(29-69-11)50(73-75(13,65)66)39-25-56-47(45(37)39)49(62)48-46-38(22-36(30-70-12)51(40(46)26-57-48)74-76(14,67)68)44-24-34-20-32(28-59(9)10)16-18-42(34)61(44)53(64)72-55(4,5)6/h15-24,47-48,56-57H,25-30H2,1-14H3. The molecule has 0 fully saturated rings. The van der Waals surface area contributed by atoms with Crippen LogP contribution in [-0.4, -0.2) is 120 Å². The molecular weight excluding hydrogens is 1020 g/mol. The Morgan fingerprint density at radius 1 is 0.592 bits per heavy atom. The first kappa shape index (κ1) is 56.0. The maximum Gasteiger partial charge on any atom is 0.419 e. The Bertz CT molecular complexity index is 3300. The molecule has 2 unspecified atom stereocenters. The number of benzene rings is 4. The highest BCUT2D eigenvalue weighted by Crippen LogP contribution is 2.50. The van der Waals surface area contributed by atoms with Gasteiger partial charge in [-0.1, -0.05) is 12.1 Å². The van der Waals surface area contributed by atoms with Gasteiger partial charge in [0.05, 0.1) is 60.2 Å². The van der Waals surface area contributed by atoms with Crippen LogP contribution < -0.4 is 19.0 Å². The van der Waals surface area contributed by atoms with Gasteiger partial charge < -0.3 is 37.1 Å². The second-order valence-electron chi connectivity index (χ2n) is 22.0. The maximum atomic E-state index is 16.1. The van der Waals surface area contributed by atoms with Gasteiger partial charge in [-0.3, -0.25) is 15.4 Å². The highest BCUT2D eigenvalue weighted by atomic mass is 32.2. The molecule has 2 aliphatic rings. The summed E-state index contributed by atoms with van der Waals surface area (Å²) in [5, 5.41) is 8.12. The number of hydrogen-bond acceptors (Lipinski definition) is 17. The van der Waals surface area contributed by atoms with E-state index in [4.69, 9.17) is 27.3 Å². The van der Waals surface area contributed by atoms with Crippen LogP contribution in [0.4, 0.5) is 9.59 Å². The van der Waals surface area contributed by atoms with Crippen LogP contribution >= 0.6 is 0 Å². The summed E-state index contributed by atoms with van der Waals surface area (Å²) in [7, 11) is 2.37. The highest BCUT2D eigenvalue weighted by molar-refractivity contribution is 7.86. The summed E-state index contributed by atoms with van der Waals surface area (Å²) in [4.78, 5) is 49.3. The number of methoxy groups -OCH3 is 2. The van der Waals surface area contributed by atoms with Gasteiger partial charge in [0.2, 0.25) is 0 Å². The third kappa shape index (κ3) is 11.9. The summed E-state index contributed by atoms with van der Waals surface area (Å²) >= 11 is 0. The van der Waals surface area contributed by atoms with Crippen LogP contribution in [0.5, 0.6) is 11.5 Å². The summed E-state index contributed by atoms with van der Waals surface area (Å²) in [5.41, 5.74) is 4.56. The van der Waals surface area contributed by atoms with Crippen molar-refractivity contribution in [2.45, 2.75) is 104 Å². The summed E-state index contributed by atoms with van der Waals surface area (Å²) < 4.78 is 90.2. The van der Waals surface area contributed by atoms with Crippen LogP contribution in [0, 0.1) is 0 Å². The number of Topliss-reactive ketones (excluding diaryl/α,β-unsaturated/α-hetero) is 1. The number of rotatable bonds is 16. The molecule has 2 aliphatic heterocycles. The monoisotopic (exact) mass is 1080 g/mol. The average molecular weight is 1090 g/mol. The number of aromatic nitrogens is 2. The van der Waals surface area contributed by atoms with Crippen LogP contribution in [0.3, 0.4) is 0 Å². The van der Waals surface area contributed by atoms with Crippen molar-refractivity contribution in [3.8, 4) is 34.0 Å². The van der Waals surface area contributed by atoms with Gasteiger partial charge in [-0.15, -0.1) is 0 Å². The number of ether oxygens (including phenoxy) is 4. The summed E-state index contributed by atoms with van der Waals surface area (Å²) in [6, 6.07) is 16.0. The number of nitrogens with one attached hydrogen (secondary N) is 2. The largest absolute Gasteiger partial charge is 0.443 e. The Hall–Kier alpha value is -6.17. The zero-order valence-corrected chi connectivity index (χ0v) is 47.2. The van der Waals surface area contributed by atoms with Crippen molar-refractivity contribution in [2.75, 3.05) is 54.9 Å². The molecule has 21 heteroatoms. The van der Waals surface area contributed by atoms with Gasteiger partial charge in [0.1, 0.15) is 11.2 Å². The van der Waals surface area contributed by atoms with Crippen molar-refractivity contribution in [3.63, 3.8) is 0 Å². The molecule has 0 saturated heterocycles. The quantitative estimate of drug-likeness (QED) is 0.0875. The van der Waals surface area contributed by atoms with Gasteiger partial charge in [-0.25, -0.2) is 18.7 Å². The summed E-state index contributed by atoms with van der Waals surface area (Å²) in [6.07, 6.45) is 0.464. The van der Waals surface area contributed by atoms with Crippen LogP contribution in [-0.2, 0) is 83.4 Å². The Kier molecular flexibility index (Phi) is 15.5.